The first-order valence-electron chi connectivity index (χ1n) is 3.82. The van der Waals surface area contributed by atoms with Crippen LogP contribution in [-0.4, -0.2) is 13.1 Å². The van der Waals surface area contributed by atoms with E-state index in [1.165, 1.54) is 25.3 Å². The number of carbonyl (C=O) groups is 1. The summed E-state index contributed by atoms with van der Waals surface area (Å²) in [5.41, 5.74) is 3.43. The number of esters is 1. The van der Waals surface area contributed by atoms with Crippen LogP contribution in [-0.2, 0) is 4.74 Å². The molecule has 14 heavy (non-hydrogen) atoms. The van der Waals surface area contributed by atoms with Gasteiger partial charge in [0.2, 0.25) is 0 Å². The molecule has 1 rings (SSSR count). The molecule has 0 unspecified atom stereocenters. The highest BCUT2D eigenvalue weighted by atomic mass is 16.5. The highest BCUT2D eigenvalue weighted by Gasteiger charge is 2.11. The fraction of sp³-hybridized carbons (Fsp3) is 0.111. The Balaban J connectivity index is 3.19. The van der Waals surface area contributed by atoms with Crippen LogP contribution < -0.4 is 11.3 Å². The average Bonchev–Trinajstić information content (AvgIpc) is 2.27. The highest BCUT2D eigenvalue weighted by molar-refractivity contribution is 5.95. The molecule has 0 amide bonds. The van der Waals surface area contributed by atoms with Crippen LogP contribution >= 0.6 is 0 Å². The number of hydrazine groups is 1. The summed E-state index contributed by atoms with van der Waals surface area (Å²) in [6.45, 7) is 0. The maximum absolute atomic E-state index is 11.2. The zero-order valence-electron chi connectivity index (χ0n) is 7.57. The van der Waals surface area contributed by atoms with Crippen LogP contribution in [0, 0.1) is 11.3 Å². The lowest BCUT2D eigenvalue weighted by Gasteiger charge is -2.06. The summed E-state index contributed by atoms with van der Waals surface area (Å²) >= 11 is 0. The number of nitrogens with one attached hydrogen (secondary N) is 1. The first kappa shape index (κ1) is 10.0. The van der Waals surface area contributed by atoms with Crippen molar-refractivity contribution >= 4 is 11.7 Å². The van der Waals surface area contributed by atoms with Crippen LogP contribution in [0.25, 0.3) is 0 Å². The molecule has 3 N–H and O–H groups in total. The minimum atomic E-state index is -0.498. The normalized spacial score (nSPS) is 8.93. The van der Waals surface area contributed by atoms with Crippen LogP contribution in [0.5, 0.6) is 0 Å². The molecule has 0 aliphatic carbocycles. The van der Waals surface area contributed by atoms with Gasteiger partial charge >= 0.3 is 5.97 Å². The van der Waals surface area contributed by atoms with Crippen LogP contribution in [0.3, 0.4) is 0 Å². The van der Waals surface area contributed by atoms with E-state index in [1.54, 1.807) is 0 Å². The van der Waals surface area contributed by atoms with E-state index in [1.807, 2.05) is 6.07 Å². The number of hydrogen-bond donors (Lipinski definition) is 2. The van der Waals surface area contributed by atoms with Gasteiger partial charge in [-0.05, 0) is 18.2 Å². The zero-order chi connectivity index (χ0) is 10.6. The van der Waals surface area contributed by atoms with Crippen molar-refractivity contribution in [1.82, 2.24) is 0 Å². The topological polar surface area (TPSA) is 88.1 Å². The van der Waals surface area contributed by atoms with Gasteiger partial charge in [-0.2, -0.15) is 5.26 Å². The van der Waals surface area contributed by atoms with E-state index in [9.17, 15) is 4.79 Å². The lowest BCUT2D eigenvalue weighted by molar-refractivity contribution is 0.0602. The van der Waals surface area contributed by atoms with E-state index in [2.05, 4.69) is 10.2 Å². The summed E-state index contributed by atoms with van der Waals surface area (Å²) in [6.07, 6.45) is 0. The lowest BCUT2D eigenvalue weighted by atomic mass is 10.1. The SMILES string of the molecule is COC(=O)c1ccc(C#N)cc1NN. The average molecular weight is 191 g/mol. The Morgan fingerprint density at radius 2 is 2.36 bits per heavy atom. The number of anilines is 1. The molecule has 0 fully saturated rings. The first-order valence-corrected chi connectivity index (χ1v) is 3.82. The van der Waals surface area contributed by atoms with Gasteiger partial charge in [-0.3, -0.25) is 5.84 Å². The van der Waals surface area contributed by atoms with Gasteiger partial charge in [0.25, 0.3) is 0 Å². The van der Waals surface area contributed by atoms with Crippen molar-refractivity contribution in [1.29, 1.82) is 5.26 Å². The van der Waals surface area contributed by atoms with Crippen molar-refractivity contribution in [3.63, 3.8) is 0 Å². The largest absolute Gasteiger partial charge is 0.465 e. The Labute approximate surface area is 81.1 Å². The number of nitriles is 1. The molecule has 0 atom stereocenters. The number of rotatable bonds is 2. The Morgan fingerprint density at radius 3 is 2.86 bits per heavy atom. The molecular weight excluding hydrogens is 182 g/mol. The number of nitrogens with two attached hydrogens (primary N) is 1. The molecule has 0 bridgehead atoms. The predicted molar refractivity (Wildman–Crippen MR) is 50.3 cm³/mol. The zero-order valence-corrected chi connectivity index (χ0v) is 7.57. The summed E-state index contributed by atoms with van der Waals surface area (Å²) in [5, 5.41) is 8.61. The summed E-state index contributed by atoms with van der Waals surface area (Å²) in [6, 6.07) is 6.42. The summed E-state index contributed by atoms with van der Waals surface area (Å²) in [5.74, 6) is 4.70. The maximum atomic E-state index is 11.2. The molecule has 0 radical (unpaired) electrons. The Morgan fingerprint density at radius 1 is 1.64 bits per heavy atom. The van der Waals surface area contributed by atoms with Gasteiger partial charge < -0.3 is 10.2 Å². The lowest BCUT2D eigenvalue weighted by Crippen LogP contribution is -2.13. The molecule has 5 nitrogen and oxygen atoms in total. The number of methoxy groups -OCH3 is 1. The molecule has 1 aromatic rings. The van der Waals surface area contributed by atoms with Crippen molar-refractivity contribution in [3.8, 4) is 6.07 Å². The van der Waals surface area contributed by atoms with E-state index in [0.717, 1.165) is 0 Å². The number of nitrogens with zero attached hydrogens (tertiary/aromatic N) is 1. The molecule has 0 saturated heterocycles. The fourth-order valence-electron chi connectivity index (χ4n) is 1.02. The third-order valence-corrected chi connectivity index (χ3v) is 1.71. The van der Waals surface area contributed by atoms with E-state index in [0.29, 0.717) is 16.8 Å². The van der Waals surface area contributed by atoms with E-state index < -0.39 is 5.97 Å². The molecule has 0 heterocycles. The smallest absolute Gasteiger partial charge is 0.340 e. The number of benzene rings is 1. The summed E-state index contributed by atoms with van der Waals surface area (Å²) < 4.78 is 4.53. The van der Waals surface area contributed by atoms with Crippen LogP contribution in [0.4, 0.5) is 5.69 Å². The van der Waals surface area contributed by atoms with Crippen molar-refractivity contribution < 1.29 is 9.53 Å². The minimum absolute atomic E-state index is 0.300. The number of nitrogen functional groups attached to an aromatic ring is 1. The van der Waals surface area contributed by atoms with Crippen LogP contribution in [0.2, 0.25) is 0 Å². The molecule has 0 spiro atoms. The quantitative estimate of drug-likeness (QED) is 0.406. The highest BCUT2D eigenvalue weighted by Crippen LogP contribution is 2.17. The van der Waals surface area contributed by atoms with E-state index in [-0.39, 0.29) is 0 Å². The van der Waals surface area contributed by atoms with Gasteiger partial charge in [-0.25, -0.2) is 4.79 Å². The van der Waals surface area contributed by atoms with Crippen LogP contribution in [0.15, 0.2) is 18.2 Å². The molecule has 0 aliphatic rings. The maximum Gasteiger partial charge on any atom is 0.340 e. The van der Waals surface area contributed by atoms with Gasteiger partial charge in [-0.1, -0.05) is 0 Å². The minimum Gasteiger partial charge on any atom is -0.465 e. The number of carbonyl (C=O) groups excluding carboxylic acids is 1. The second-order valence-electron chi connectivity index (χ2n) is 2.51. The molecular formula is C9H9N3O2. The van der Waals surface area contributed by atoms with Crippen molar-refractivity contribution in [2.24, 2.45) is 5.84 Å². The van der Waals surface area contributed by atoms with Gasteiger partial charge in [-0.15, -0.1) is 0 Å². The van der Waals surface area contributed by atoms with Crippen LogP contribution in [0.1, 0.15) is 15.9 Å². The second-order valence-corrected chi connectivity index (χ2v) is 2.51. The second kappa shape index (κ2) is 4.25. The van der Waals surface area contributed by atoms with Gasteiger partial charge in [0.05, 0.1) is 30.0 Å². The number of hydrogen-bond acceptors (Lipinski definition) is 5. The third-order valence-electron chi connectivity index (χ3n) is 1.71. The Kier molecular flexibility index (Phi) is 3.05. The van der Waals surface area contributed by atoms with Gasteiger partial charge in [0.1, 0.15) is 0 Å². The van der Waals surface area contributed by atoms with Crippen molar-refractivity contribution in [2.75, 3.05) is 12.5 Å². The predicted octanol–water partition coefficient (Wildman–Crippen LogP) is 0.630. The summed E-state index contributed by atoms with van der Waals surface area (Å²) in [4.78, 5) is 11.2. The van der Waals surface area contributed by atoms with Gasteiger partial charge in [0, 0.05) is 0 Å². The molecule has 0 aromatic heterocycles. The van der Waals surface area contributed by atoms with Crippen molar-refractivity contribution in [2.45, 2.75) is 0 Å². The Hall–Kier alpha value is -2.06. The molecule has 0 saturated carbocycles. The fourth-order valence-corrected chi connectivity index (χ4v) is 1.02. The van der Waals surface area contributed by atoms with Crippen molar-refractivity contribution in [3.05, 3.63) is 29.3 Å². The molecule has 1 aromatic carbocycles. The molecule has 0 aliphatic heterocycles. The standard InChI is InChI=1S/C9H9N3O2/c1-14-9(13)7-3-2-6(5-10)4-8(7)12-11/h2-4,12H,11H2,1H3. The molecule has 5 heteroatoms. The van der Waals surface area contributed by atoms with E-state index >= 15 is 0 Å². The first-order chi connectivity index (χ1) is 6.72. The molecule has 72 valence electrons. The number of ether oxygens (including phenoxy) is 1. The monoisotopic (exact) mass is 191 g/mol. The third kappa shape index (κ3) is 1.81. The summed E-state index contributed by atoms with van der Waals surface area (Å²) in [7, 11) is 1.28. The van der Waals surface area contributed by atoms with E-state index in [4.69, 9.17) is 11.1 Å². The van der Waals surface area contributed by atoms with Gasteiger partial charge in [0.15, 0.2) is 0 Å². The Bertz CT molecular complexity index is 396.